The lowest BCUT2D eigenvalue weighted by Crippen LogP contribution is -2.14. The molecule has 0 radical (unpaired) electrons. The summed E-state index contributed by atoms with van der Waals surface area (Å²) in [5, 5.41) is 5.05. The van der Waals surface area contributed by atoms with E-state index in [0.29, 0.717) is 18.1 Å². The molecule has 0 aromatic heterocycles. The van der Waals surface area contributed by atoms with Crippen LogP contribution in [0.5, 0.6) is 0 Å². The van der Waals surface area contributed by atoms with Crippen LogP contribution in [-0.2, 0) is 14.8 Å². The standard InChI is InChI=1S/C13H19NO4S/c1-9(2)4-5-18-13(15)11-6-10(3)7-12(8-11)19(14,16)17/h6-9H,4-5H2,1-3H3,(H2,14,16,17). The number of nitrogens with two attached hydrogens (primary N) is 1. The van der Waals surface area contributed by atoms with Crippen molar-refractivity contribution in [3.05, 3.63) is 29.3 Å². The van der Waals surface area contributed by atoms with Crippen LogP contribution in [0.2, 0.25) is 0 Å². The number of rotatable bonds is 5. The van der Waals surface area contributed by atoms with Gasteiger partial charge in [-0.05, 0) is 43.0 Å². The van der Waals surface area contributed by atoms with Crippen LogP contribution in [0.3, 0.4) is 0 Å². The molecule has 0 amide bonds. The molecule has 0 heterocycles. The van der Waals surface area contributed by atoms with E-state index >= 15 is 0 Å². The highest BCUT2D eigenvalue weighted by Gasteiger charge is 2.14. The second-order valence-electron chi connectivity index (χ2n) is 4.90. The molecule has 0 atom stereocenters. The van der Waals surface area contributed by atoms with Crippen LogP contribution in [0.25, 0.3) is 0 Å². The molecule has 19 heavy (non-hydrogen) atoms. The van der Waals surface area contributed by atoms with Crippen LogP contribution in [0.4, 0.5) is 0 Å². The van der Waals surface area contributed by atoms with Gasteiger partial charge < -0.3 is 4.74 Å². The van der Waals surface area contributed by atoms with E-state index in [0.717, 1.165) is 6.42 Å². The van der Waals surface area contributed by atoms with E-state index in [2.05, 4.69) is 0 Å². The molecular formula is C13H19NO4S. The highest BCUT2D eigenvalue weighted by molar-refractivity contribution is 7.89. The number of hydrogen-bond acceptors (Lipinski definition) is 4. The van der Waals surface area contributed by atoms with Gasteiger partial charge in [0.15, 0.2) is 0 Å². The van der Waals surface area contributed by atoms with E-state index in [-0.39, 0.29) is 10.5 Å². The second-order valence-corrected chi connectivity index (χ2v) is 6.46. The van der Waals surface area contributed by atoms with Crippen molar-refractivity contribution >= 4 is 16.0 Å². The maximum absolute atomic E-state index is 11.8. The van der Waals surface area contributed by atoms with Gasteiger partial charge >= 0.3 is 5.97 Å². The first kappa shape index (κ1) is 15.7. The zero-order valence-corrected chi connectivity index (χ0v) is 12.2. The summed E-state index contributed by atoms with van der Waals surface area (Å²) in [6.07, 6.45) is 0.763. The van der Waals surface area contributed by atoms with Gasteiger partial charge in [-0.2, -0.15) is 0 Å². The summed E-state index contributed by atoms with van der Waals surface area (Å²) in [5.74, 6) is -0.0976. The molecular weight excluding hydrogens is 266 g/mol. The summed E-state index contributed by atoms with van der Waals surface area (Å²) < 4.78 is 27.7. The summed E-state index contributed by atoms with van der Waals surface area (Å²) in [6.45, 7) is 6.06. The molecule has 5 nitrogen and oxygen atoms in total. The molecule has 0 spiro atoms. The molecule has 0 unspecified atom stereocenters. The summed E-state index contributed by atoms with van der Waals surface area (Å²) in [5.41, 5.74) is 0.843. The highest BCUT2D eigenvalue weighted by atomic mass is 32.2. The van der Waals surface area contributed by atoms with Crippen LogP contribution in [0.1, 0.15) is 36.2 Å². The number of aryl methyl sites for hydroxylation is 1. The molecule has 0 aliphatic heterocycles. The molecule has 2 N–H and O–H groups in total. The molecule has 0 aliphatic carbocycles. The fourth-order valence-corrected chi connectivity index (χ4v) is 2.14. The number of benzene rings is 1. The first-order valence-electron chi connectivity index (χ1n) is 6.02. The molecule has 106 valence electrons. The van der Waals surface area contributed by atoms with Gasteiger partial charge in [0.2, 0.25) is 10.0 Å². The van der Waals surface area contributed by atoms with E-state index in [9.17, 15) is 13.2 Å². The average molecular weight is 285 g/mol. The van der Waals surface area contributed by atoms with Crippen LogP contribution < -0.4 is 5.14 Å². The highest BCUT2D eigenvalue weighted by Crippen LogP contribution is 2.15. The van der Waals surface area contributed by atoms with Crippen LogP contribution in [-0.4, -0.2) is 21.0 Å². The Morgan fingerprint density at radius 1 is 1.32 bits per heavy atom. The Kier molecular flexibility index (Phi) is 5.08. The largest absolute Gasteiger partial charge is 0.462 e. The minimum absolute atomic E-state index is 0.0803. The van der Waals surface area contributed by atoms with Gasteiger partial charge in [-0.1, -0.05) is 13.8 Å². The minimum atomic E-state index is -3.82. The molecule has 0 bridgehead atoms. The predicted molar refractivity (Wildman–Crippen MR) is 72.3 cm³/mol. The number of carbonyl (C=O) groups is 1. The Balaban J connectivity index is 2.89. The normalized spacial score (nSPS) is 11.6. The van der Waals surface area contributed by atoms with Gasteiger partial charge in [0.25, 0.3) is 0 Å². The van der Waals surface area contributed by atoms with E-state index in [4.69, 9.17) is 9.88 Å². The van der Waals surface area contributed by atoms with E-state index in [1.807, 2.05) is 13.8 Å². The Morgan fingerprint density at radius 3 is 2.47 bits per heavy atom. The summed E-state index contributed by atoms with van der Waals surface area (Å²) in [4.78, 5) is 11.7. The second kappa shape index (κ2) is 6.16. The van der Waals surface area contributed by atoms with Crippen molar-refractivity contribution in [1.29, 1.82) is 0 Å². The third-order valence-corrected chi connectivity index (χ3v) is 3.44. The van der Waals surface area contributed by atoms with Crippen molar-refractivity contribution in [1.82, 2.24) is 0 Å². The maximum atomic E-state index is 11.8. The average Bonchev–Trinajstić information content (AvgIpc) is 2.26. The number of esters is 1. The third kappa shape index (κ3) is 5.00. The number of carbonyl (C=O) groups excluding carboxylic acids is 1. The zero-order valence-electron chi connectivity index (χ0n) is 11.3. The van der Waals surface area contributed by atoms with Crippen molar-refractivity contribution < 1.29 is 17.9 Å². The number of hydrogen-bond donors (Lipinski definition) is 1. The van der Waals surface area contributed by atoms with E-state index in [1.165, 1.54) is 12.1 Å². The molecule has 1 aromatic carbocycles. The van der Waals surface area contributed by atoms with Crippen LogP contribution >= 0.6 is 0 Å². The van der Waals surface area contributed by atoms with Gasteiger partial charge in [-0.3, -0.25) is 0 Å². The lowest BCUT2D eigenvalue weighted by atomic mass is 10.1. The monoisotopic (exact) mass is 285 g/mol. The summed E-state index contributed by atoms with van der Waals surface area (Å²) in [7, 11) is -3.82. The molecule has 0 saturated heterocycles. The van der Waals surface area contributed by atoms with E-state index in [1.54, 1.807) is 13.0 Å². The van der Waals surface area contributed by atoms with Gasteiger partial charge in [-0.25, -0.2) is 18.4 Å². The van der Waals surface area contributed by atoms with Gasteiger partial charge in [0.1, 0.15) is 0 Å². The summed E-state index contributed by atoms with van der Waals surface area (Å²) >= 11 is 0. The maximum Gasteiger partial charge on any atom is 0.338 e. The topological polar surface area (TPSA) is 86.5 Å². The summed E-state index contributed by atoms with van der Waals surface area (Å²) in [6, 6.07) is 4.23. The van der Waals surface area contributed by atoms with Gasteiger partial charge in [0, 0.05) is 0 Å². The first-order chi connectivity index (χ1) is 8.70. The smallest absolute Gasteiger partial charge is 0.338 e. The zero-order chi connectivity index (χ0) is 14.6. The quantitative estimate of drug-likeness (QED) is 0.836. The fraction of sp³-hybridized carbons (Fsp3) is 0.462. The SMILES string of the molecule is Cc1cc(C(=O)OCCC(C)C)cc(S(N)(=O)=O)c1. The Labute approximate surface area is 113 Å². The van der Waals surface area contributed by atoms with Crippen molar-refractivity contribution in [2.24, 2.45) is 11.1 Å². The van der Waals surface area contributed by atoms with Gasteiger partial charge in [-0.15, -0.1) is 0 Å². The lowest BCUT2D eigenvalue weighted by molar-refractivity contribution is 0.0487. The van der Waals surface area contributed by atoms with Crippen molar-refractivity contribution in [3.8, 4) is 0 Å². The van der Waals surface area contributed by atoms with Crippen molar-refractivity contribution in [2.45, 2.75) is 32.1 Å². The Hall–Kier alpha value is -1.40. The van der Waals surface area contributed by atoms with E-state index < -0.39 is 16.0 Å². The Bertz CT molecular complexity index is 564. The van der Waals surface area contributed by atoms with Crippen molar-refractivity contribution in [3.63, 3.8) is 0 Å². The number of primary sulfonamides is 1. The molecule has 1 rings (SSSR count). The number of sulfonamides is 1. The fourth-order valence-electron chi connectivity index (χ4n) is 1.50. The lowest BCUT2D eigenvalue weighted by Gasteiger charge is -2.08. The van der Waals surface area contributed by atoms with Crippen molar-refractivity contribution in [2.75, 3.05) is 6.61 Å². The number of ether oxygens (including phenoxy) is 1. The molecule has 1 aromatic rings. The minimum Gasteiger partial charge on any atom is -0.462 e. The van der Waals surface area contributed by atoms with Gasteiger partial charge in [0.05, 0.1) is 17.1 Å². The van der Waals surface area contributed by atoms with Crippen LogP contribution in [0.15, 0.2) is 23.1 Å². The molecule has 0 aliphatic rings. The van der Waals surface area contributed by atoms with Crippen LogP contribution in [0, 0.1) is 12.8 Å². The molecule has 6 heteroatoms. The molecule has 0 saturated carbocycles. The first-order valence-corrected chi connectivity index (χ1v) is 7.56. The molecule has 0 fully saturated rings. The Morgan fingerprint density at radius 2 is 1.95 bits per heavy atom. The third-order valence-electron chi connectivity index (χ3n) is 2.54. The predicted octanol–water partition coefficient (Wildman–Crippen LogP) is 1.85.